The van der Waals surface area contributed by atoms with Crippen molar-refractivity contribution in [2.75, 3.05) is 19.4 Å². The number of aryl methyl sites for hydroxylation is 1. The van der Waals surface area contributed by atoms with Gasteiger partial charge in [0.2, 0.25) is 0 Å². The third-order valence-corrected chi connectivity index (χ3v) is 4.49. The van der Waals surface area contributed by atoms with Gasteiger partial charge in [0, 0.05) is 14.1 Å². The Morgan fingerprint density at radius 2 is 1.34 bits per heavy atom. The molecule has 0 heterocycles. The first-order valence-corrected chi connectivity index (χ1v) is 10.1. The molecule has 4 nitrogen and oxygen atoms in total. The number of anilines is 1. The second-order valence-corrected chi connectivity index (χ2v) is 7.51. The van der Waals surface area contributed by atoms with Gasteiger partial charge < -0.3 is 10.2 Å². The highest BCUT2D eigenvalue weighted by atomic mass is 35.5. The fraction of sp³-hybridized carbons (Fsp3) is 0.130. The molecule has 0 radical (unpaired) electrons. The van der Waals surface area contributed by atoms with Gasteiger partial charge in [0.15, 0.2) is 17.5 Å². The Bertz CT molecular complexity index is 1120. The van der Waals surface area contributed by atoms with Crippen molar-refractivity contribution in [1.82, 2.24) is 4.90 Å². The lowest BCUT2D eigenvalue weighted by atomic mass is 10.2. The van der Waals surface area contributed by atoms with Gasteiger partial charge in [0.1, 0.15) is 11.4 Å². The molecule has 0 fully saturated rings. The molecule has 3 aromatic carbocycles. The Kier molecular flexibility index (Phi) is 9.56. The van der Waals surface area contributed by atoms with Crippen molar-refractivity contribution in [3.63, 3.8) is 0 Å². The average Bonchev–Trinajstić information content (AvgIpc) is 2.75. The van der Waals surface area contributed by atoms with E-state index in [0.29, 0.717) is 11.3 Å². The number of nitrogens with zero attached hydrogens (tertiary/aromatic N) is 3. The van der Waals surface area contributed by atoms with Crippen LogP contribution in [0.4, 0.5) is 30.2 Å². The van der Waals surface area contributed by atoms with Crippen molar-refractivity contribution in [2.45, 2.75) is 6.92 Å². The highest BCUT2D eigenvalue weighted by molar-refractivity contribution is 6.31. The lowest BCUT2D eigenvalue weighted by Gasteiger charge is -2.03. The molecule has 0 saturated carbocycles. The number of aliphatic imine (C=N–C) groups is 2. The first kappa shape index (κ1) is 25.2. The summed E-state index contributed by atoms with van der Waals surface area (Å²) in [6, 6.07) is 14.1. The standard InChI is InChI=1S/C13H8Cl2F2N2.C10H13FN2/c14-8-3-1-5-10(12(8)16)18-7-19-11-6-2-4-9(15)13(11)17;1-8-5-4-6-9(10(8)11)12-7-13(2)3/h1-7H,(H,18,19);4-7H,1-3H3. The predicted octanol–water partition coefficient (Wildman–Crippen LogP) is 7.40. The summed E-state index contributed by atoms with van der Waals surface area (Å²) in [7, 11) is 3.69. The van der Waals surface area contributed by atoms with Gasteiger partial charge in [-0.2, -0.15) is 0 Å². The second kappa shape index (κ2) is 12.1. The van der Waals surface area contributed by atoms with Crippen LogP contribution in [-0.4, -0.2) is 31.7 Å². The van der Waals surface area contributed by atoms with Crippen LogP contribution in [0.1, 0.15) is 5.56 Å². The van der Waals surface area contributed by atoms with E-state index in [4.69, 9.17) is 23.2 Å². The van der Waals surface area contributed by atoms with Crippen molar-refractivity contribution in [1.29, 1.82) is 0 Å². The highest BCUT2D eigenvalue weighted by Crippen LogP contribution is 2.25. The van der Waals surface area contributed by atoms with Crippen LogP contribution in [-0.2, 0) is 0 Å². The minimum absolute atomic E-state index is 0.00710. The van der Waals surface area contributed by atoms with Crippen molar-refractivity contribution in [3.8, 4) is 0 Å². The van der Waals surface area contributed by atoms with Crippen LogP contribution in [0, 0.1) is 24.4 Å². The lowest BCUT2D eigenvalue weighted by Crippen LogP contribution is -2.07. The molecule has 0 bridgehead atoms. The summed E-state index contributed by atoms with van der Waals surface area (Å²) in [6.07, 6.45) is 2.75. The SMILES string of the molecule is Cc1cccc(N=CN(C)C)c1F.Fc1c(Cl)cccc1N=CNc1cccc(Cl)c1F. The van der Waals surface area contributed by atoms with Crippen LogP contribution in [0.25, 0.3) is 0 Å². The largest absolute Gasteiger partial charge is 0.369 e. The first-order chi connectivity index (χ1) is 15.2. The van der Waals surface area contributed by atoms with Crippen LogP contribution in [0.3, 0.4) is 0 Å². The average molecular weight is 481 g/mol. The van der Waals surface area contributed by atoms with E-state index in [9.17, 15) is 13.2 Å². The van der Waals surface area contributed by atoms with Crippen LogP contribution >= 0.6 is 23.2 Å². The Morgan fingerprint density at radius 1 is 0.781 bits per heavy atom. The molecular weight excluding hydrogens is 460 g/mol. The summed E-state index contributed by atoms with van der Waals surface area (Å²) in [6.45, 7) is 1.73. The Morgan fingerprint density at radius 3 is 2.00 bits per heavy atom. The minimum Gasteiger partial charge on any atom is -0.369 e. The van der Waals surface area contributed by atoms with E-state index in [1.54, 1.807) is 48.5 Å². The molecule has 0 aliphatic rings. The van der Waals surface area contributed by atoms with E-state index in [1.807, 2.05) is 14.1 Å². The molecule has 3 aromatic rings. The van der Waals surface area contributed by atoms with Crippen LogP contribution < -0.4 is 5.32 Å². The molecule has 0 aromatic heterocycles. The molecular formula is C23H21Cl2F3N4. The number of hydrogen-bond donors (Lipinski definition) is 1. The van der Waals surface area contributed by atoms with E-state index >= 15 is 0 Å². The number of hydrogen-bond acceptors (Lipinski definition) is 2. The second-order valence-electron chi connectivity index (χ2n) is 6.69. The molecule has 9 heteroatoms. The quantitative estimate of drug-likeness (QED) is 0.305. The molecule has 0 aliphatic heterocycles. The van der Waals surface area contributed by atoms with Gasteiger partial charge >= 0.3 is 0 Å². The topological polar surface area (TPSA) is 40.0 Å². The fourth-order valence-electron chi connectivity index (χ4n) is 2.29. The van der Waals surface area contributed by atoms with E-state index in [-0.39, 0.29) is 27.2 Å². The molecule has 0 aliphatic carbocycles. The van der Waals surface area contributed by atoms with Gasteiger partial charge in [-0.1, -0.05) is 47.5 Å². The number of nitrogens with one attached hydrogen (secondary N) is 1. The first-order valence-electron chi connectivity index (χ1n) is 9.33. The predicted molar refractivity (Wildman–Crippen MR) is 128 cm³/mol. The van der Waals surface area contributed by atoms with E-state index in [2.05, 4.69) is 15.3 Å². The highest BCUT2D eigenvalue weighted by Gasteiger charge is 2.06. The van der Waals surface area contributed by atoms with Gasteiger partial charge in [0.05, 0.1) is 28.4 Å². The van der Waals surface area contributed by atoms with Gasteiger partial charge in [-0.05, 0) is 42.8 Å². The summed E-state index contributed by atoms with van der Waals surface area (Å²) in [4.78, 5) is 9.59. The zero-order chi connectivity index (χ0) is 23.7. The van der Waals surface area contributed by atoms with E-state index < -0.39 is 11.6 Å². The van der Waals surface area contributed by atoms with E-state index in [0.717, 1.165) is 0 Å². The molecule has 1 N–H and O–H groups in total. The molecule has 0 amide bonds. The summed E-state index contributed by atoms with van der Waals surface area (Å²) in [5, 5.41) is 2.56. The normalized spacial score (nSPS) is 10.9. The van der Waals surface area contributed by atoms with Crippen molar-refractivity contribution < 1.29 is 13.2 Å². The zero-order valence-electron chi connectivity index (χ0n) is 17.6. The number of rotatable bonds is 5. The van der Waals surface area contributed by atoms with E-state index in [1.165, 1.54) is 30.6 Å². The third-order valence-electron chi connectivity index (χ3n) is 3.91. The summed E-state index contributed by atoms with van der Waals surface area (Å²) >= 11 is 11.2. The Labute approximate surface area is 195 Å². The minimum atomic E-state index is -0.631. The van der Waals surface area contributed by atoms with Gasteiger partial charge in [-0.15, -0.1) is 0 Å². The van der Waals surface area contributed by atoms with Crippen LogP contribution in [0.5, 0.6) is 0 Å². The molecule has 0 spiro atoms. The Balaban J connectivity index is 0.000000244. The third kappa shape index (κ3) is 7.28. The van der Waals surface area contributed by atoms with Gasteiger partial charge in [0.25, 0.3) is 0 Å². The molecule has 32 heavy (non-hydrogen) atoms. The van der Waals surface area contributed by atoms with Crippen LogP contribution in [0.15, 0.2) is 64.6 Å². The van der Waals surface area contributed by atoms with Crippen LogP contribution in [0.2, 0.25) is 10.0 Å². The smallest absolute Gasteiger partial charge is 0.167 e. The fourth-order valence-corrected chi connectivity index (χ4v) is 2.63. The monoisotopic (exact) mass is 480 g/mol. The summed E-state index contributed by atoms with van der Waals surface area (Å²) in [5.41, 5.74) is 1.21. The number of benzene rings is 3. The maximum atomic E-state index is 13.5. The Hall–Kier alpha value is -3.03. The maximum Gasteiger partial charge on any atom is 0.167 e. The lowest BCUT2D eigenvalue weighted by molar-refractivity contribution is 0.617. The van der Waals surface area contributed by atoms with Gasteiger partial charge in [-0.3, -0.25) is 0 Å². The molecule has 0 unspecified atom stereocenters. The molecule has 0 atom stereocenters. The summed E-state index contributed by atoms with van der Waals surface area (Å²) < 4.78 is 40.3. The zero-order valence-corrected chi connectivity index (χ0v) is 19.1. The van der Waals surface area contributed by atoms with Crippen molar-refractivity contribution in [3.05, 3.63) is 87.7 Å². The molecule has 3 rings (SSSR count). The van der Waals surface area contributed by atoms with Crippen molar-refractivity contribution >= 4 is 52.9 Å². The molecule has 0 saturated heterocycles. The maximum absolute atomic E-state index is 13.5. The number of halogens is 5. The molecule has 168 valence electrons. The van der Waals surface area contributed by atoms with Crippen molar-refractivity contribution in [2.24, 2.45) is 9.98 Å². The summed E-state index contributed by atoms with van der Waals surface area (Å²) in [5.74, 6) is -1.48. The van der Waals surface area contributed by atoms with Gasteiger partial charge in [-0.25, -0.2) is 23.2 Å².